The number of thioether (sulfide) groups is 1. The smallest absolute Gasteiger partial charge is 0.335 e. The molecule has 1 amide bonds. The maximum absolute atomic E-state index is 12.2. The van der Waals surface area contributed by atoms with Gasteiger partial charge in [0.05, 0.1) is 5.56 Å². The molecule has 1 fully saturated rings. The number of carboxylic acid groups (broad SMARTS) is 1. The van der Waals surface area contributed by atoms with Crippen molar-refractivity contribution >= 4 is 23.6 Å². The summed E-state index contributed by atoms with van der Waals surface area (Å²) in [5, 5.41) is 9.30. The van der Waals surface area contributed by atoms with Crippen LogP contribution < -0.4 is 0 Å². The van der Waals surface area contributed by atoms with E-state index in [1.165, 1.54) is 18.3 Å². The topological polar surface area (TPSA) is 70.5 Å². The number of aromatic carboxylic acids is 1. The lowest BCUT2D eigenvalue weighted by molar-refractivity contribution is 0.0696. The zero-order valence-electron chi connectivity index (χ0n) is 10.00. The second kappa shape index (κ2) is 5.39. The van der Waals surface area contributed by atoms with E-state index in [1.54, 1.807) is 4.90 Å². The van der Waals surface area contributed by atoms with Crippen LogP contribution in [-0.2, 0) is 0 Å². The maximum Gasteiger partial charge on any atom is 0.335 e. The molecule has 0 aromatic carbocycles. The van der Waals surface area contributed by atoms with Crippen molar-refractivity contribution in [3.8, 4) is 0 Å². The zero-order valence-corrected chi connectivity index (χ0v) is 10.8. The van der Waals surface area contributed by atoms with Gasteiger partial charge in [-0.15, -0.1) is 0 Å². The average Bonchev–Trinajstić information content (AvgIpc) is 2.38. The minimum absolute atomic E-state index is 0.0905. The van der Waals surface area contributed by atoms with Crippen molar-refractivity contribution in [2.45, 2.75) is 12.2 Å². The van der Waals surface area contributed by atoms with E-state index in [2.05, 4.69) is 11.9 Å². The fourth-order valence-electron chi connectivity index (χ4n) is 1.85. The molecule has 2 rings (SSSR count). The van der Waals surface area contributed by atoms with E-state index in [1.807, 2.05) is 11.8 Å². The van der Waals surface area contributed by atoms with Gasteiger partial charge in [-0.2, -0.15) is 11.8 Å². The summed E-state index contributed by atoms with van der Waals surface area (Å²) in [5.41, 5.74) is 0.293. The molecule has 0 aliphatic carbocycles. The Hall–Kier alpha value is -1.56. The predicted octanol–water partition coefficient (Wildman–Crippen LogP) is 1.36. The fourth-order valence-corrected chi connectivity index (χ4v) is 2.86. The first-order valence-corrected chi connectivity index (χ1v) is 6.73. The van der Waals surface area contributed by atoms with Crippen molar-refractivity contribution in [1.82, 2.24) is 9.88 Å². The van der Waals surface area contributed by atoms with Crippen molar-refractivity contribution in [1.29, 1.82) is 0 Å². The van der Waals surface area contributed by atoms with E-state index in [4.69, 9.17) is 5.11 Å². The van der Waals surface area contributed by atoms with Gasteiger partial charge in [0.1, 0.15) is 5.69 Å². The molecule has 0 spiro atoms. The Morgan fingerprint density at radius 3 is 3.00 bits per heavy atom. The SMILES string of the molecule is CC1CN(C(=O)c2cc(C(=O)O)ccn2)CCS1. The lowest BCUT2D eigenvalue weighted by atomic mass is 10.2. The Morgan fingerprint density at radius 2 is 2.33 bits per heavy atom. The van der Waals surface area contributed by atoms with Gasteiger partial charge in [-0.1, -0.05) is 6.92 Å². The molecule has 1 aliphatic rings. The summed E-state index contributed by atoms with van der Waals surface area (Å²) in [6.07, 6.45) is 1.36. The van der Waals surface area contributed by atoms with Crippen molar-refractivity contribution in [3.05, 3.63) is 29.6 Å². The number of hydrogen-bond acceptors (Lipinski definition) is 4. The number of carbonyl (C=O) groups is 2. The highest BCUT2D eigenvalue weighted by atomic mass is 32.2. The molecule has 1 aliphatic heterocycles. The van der Waals surface area contributed by atoms with Crippen molar-refractivity contribution in [2.24, 2.45) is 0 Å². The number of aromatic nitrogens is 1. The molecule has 96 valence electrons. The summed E-state index contributed by atoms with van der Waals surface area (Å²) >= 11 is 1.83. The Morgan fingerprint density at radius 1 is 1.56 bits per heavy atom. The third-order valence-electron chi connectivity index (χ3n) is 2.75. The Bertz CT molecular complexity index is 478. The summed E-state index contributed by atoms with van der Waals surface area (Å²) in [6.45, 7) is 3.44. The van der Waals surface area contributed by atoms with Crippen LogP contribution in [0.4, 0.5) is 0 Å². The van der Waals surface area contributed by atoms with Crippen LogP contribution in [0, 0.1) is 0 Å². The summed E-state index contributed by atoms with van der Waals surface area (Å²) in [7, 11) is 0. The highest BCUT2D eigenvalue weighted by molar-refractivity contribution is 7.99. The van der Waals surface area contributed by atoms with Crippen molar-refractivity contribution in [3.63, 3.8) is 0 Å². The molecule has 1 saturated heterocycles. The van der Waals surface area contributed by atoms with E-state index < -0.39 is 5.97 Å². The normalized spacial score (nSPS) is 19.6. The summed E-state index contributed by atoms with van der Waals surface area (Å²) in [5.74, 6) is -0.329. The predicted molar refractivity (Wildman–Crippen MR) is 69.0 cm³/mol. The molecule has 0 radical (unpaired) electrons. The highest BCUT2D eigenvalue weighted by Gasteiger charge is 2.23. The van der Waals surface area contributed by atoms with Gasteiger partial charge < -0.3 is 10.0 Å². The van der Waals surface area contributed by atoms with Gasteiger partial charge in [0.2, 0.25) is 0 Å². The molecule has 5 nitrogen and oxygen atoms in total. The highest BCUT2D eigenvalue weighted by Crippen LogP contribution is 2.19. The maximum atomic E-state index is 12.2. The first-order valence-electron chi connectivity index (χ1n) is 5.68. The second-order valence-corrected chi connectivity index (χ2v) is 5.71. The molecule has 6 heteroatoms. The Labute approximate surface area is 109 Å². The molecule has 2 heterocycles. The summed E-state index contributed by atoms with van der Waals surface area (Å²) in [4.78, 5) is 28.7. The number of amides is 1. The van der Waals surface area contributed by atoms with Gasteiger partial charge in [-0.3, -0.25) is 9.78 Å². The first kappa shape index (κ1) is 12.9. The van der Waals surface area contributed by atoms with Crippen LogP contribution in [0.3, 0.4) is 0 Å². The number of hydrogen-bond donors (Lipinski definition) is 1. The molecule has 18 heavy (non-hydrogen) atoms. The van der Waals surface area contributed by atoms with Gasteiger partial charge in [0.15, 0.2) is 0 Å². The monoisotopic (exact) mass is 266 g/mol. The van der Waals surface area contributed by atoms with Gasteiger partial charge in [0, 0.05) is 30.3 Å². The number of pyridine rings is 1. The largest absolute Gasteiger partial charge is 0.478 e. The van der Waals surface area contributed by atoms with Gasteiger partial charge in [-0.05, 0) is 12.1 Å². The number of rotatable bonds is 2. The number of nitrogens with zero attached hydrogens (tertiary/aromatic N) is 2. The lowest BCUT2D eigenvalue weighted by Gasteiger charge is -2.30. The van der Waals surface area contributed by atoms with Gasteiger partial charge >= 0.3 is 5.97 Å². The third-order valence-corrected chi connectivity index (χ3v) is 3.89. The molecule has 0 bridgehead atoms. The molecule has 1 atom stereocenters. The zero-order chi connectivity index (χ0) is 13.1. The van der Waals surface area contributed by atoms with E-state index in [9.17, 15) is 9.59 Å². The first-order chi connectivity index (χ1) is 8.58. The van der Waals surface area contributed by atoms with E-state index >= 15 is 0 Å². The van der Waals surface area contributed by atoms with Crippen LogP contribution in [0.25, 0.3) is 0 Å². The van der Waals surface area contributed by atoms with E-state index in [0.717, 1.165) is 5.75 Å². The Kier molecular flexibility index (Phi) is 3.86. The molecule has 1 aromatic heterocycles. The average molecular weight is 266 g/mol. The van der Waals surface area contributed by atoms with Gasteiger partial charge in [-0.25, -0.2) is 4.79 Å². The Balaban J connectivity index is 2.17. The van der Waals surface area contributed by atoms with E-state index in [-0.39, 0.29) is 17.2 Å². The summed E-state index contributed by atoms with van der Waals surface area (Å²) < 4.78 is 0. The molecular formula is C12H14N2O3S. The third kappa shape index (κ3) is 2.81. The molecule has 0 saturated carbocycles. The molecule has 1 aromatic rings. The van der Waals surface area contributed by atoms with Crippen LogP contribution in [0.15, 0.2) is 18.3 Å². The fraction of sp³-hybridized carbons (Fsp3) is 0.417. The van der Waals surface area contributed by atoms with Crippen LogP contribution in [0.5, 0.6) is 0 Å². The quantitative estimate of drug-likeness (QED) is 0.875. The van der Waals surface area contributed by atoms with Crippen molar-refractivity contribution < 1.29 is 14.7 Å². The van der Waals surface area contributed by atoms with Crippen LogP contribution in [0.2, 0.25) is 0 Å². The molecule has 1 N–H and O–H groups in total. The number of carbonyl (C=O) groups excluding carboxylic acids is 1. The second-order valence-electron chi connectivity index (χ2n) is 4.17. The lowest BCUT2D eigenvalue weighted by Crippen LogP contribution is -2.41. The summed E-state index contributed by atoms with van der Waals surface area (Å²) in [6, 6.07) is 2.71. The standard InChI is InChI=1S/C12H14N2O3S/c1-8-7-14(4-5-18-8)11(15)10-6-9(12(16)17)2-3-13-10/h2-3,6,8H,4-5,7H2,1H3,(H,16,17). The molecule has 1 unspecified atom stereocenters. The van der Waals surface area contributed by atoms with E-state index in [0.29, 0.717) is 18.3 Å². The molecular weight excluding hydrogens is 252 g/mol. The van der Waals surface area contributed by atoms with Crippen molar-refractivity contribution in [2.75, 3.05) is 18.8 Å². The van der Waals surface area contributed by atoms with Crippen LogP contribution in [-0.4, -0.2) is 51.0 Å². The minimum Gasteiger partial charge on any atom is -0.478 e. The van der Waals surface area contributed by atoms with Crippen LogP contribution >= 0.6 is 11.8 Å². The van der Waals surface area contributed by atoms with Gasteiger partial charge in [0.25, 0.3) is 5.91 Å². The van der Waals surface area contributed by atoms with Crippen LogP contribution in [0.1, 0.15) is 27.8 Å². The number of carboxylic acids is 1. The minimum atomic E-state index is -1.05.